The number of nitrogens with zero attached hydrogens (tertiary/aromatic N) is 2. The van der Waals surface area contributed by atoms with Crippen LogP contribution in [0, 0.1) is 6.57 Å². The van der Waals surface area contributed by atoms with E-state index in [-0.39, 0.29) is 31.3 Å². The topological polar surface area (TPSA) is 103 Å². The van der Waals surface area contributed by atoms with Crippen LogP contribution in [0.1, 0.15) is 37.7 Å². The zero-order valence-corrected chi connectivity index (χ0v) is 15.4. The van der Waals surface area contributed by atoms with Crippen LogP contribution in [-0.2, 0) is 19.8 Å². The fourth-order valence-corrected chi connectivity index (χ4v) is 4.59. The lowest BCUT2D eigenvalue weighted by Crippen LogP contribution is -2.42. The summed E-state index contributed by atoms with van der Waals surface area (Å²) in [7, 11) is 0. The van der Waals surface area contributed by atoms with Crippen LogP contribution in [0.4, 0.5) is 5.69 Å². The molecule has 8 heteroatoms. The average Bonchev–Trinajstić information content (AvgIpc) is 3.33. The molecule has 2 heterocycles. The number of para-hydroxylation sites is 1. The van der Waals surface area contributed by atoms with Crippen molar-refractivity contribution in [3.8, 4) is 0 Å². The minimum Gasteiger partial charge on any atom is -0.393 e. The molecule has 146 valence electrons. The van der Waals surface area contributed by atoms with E-state index < -0.39 is 29.5 Å². The summed E-state index contributed by atoms with van der Waals surface area (Å²) in [5.74, 6) is -1.07. The summed E-state index contributed by atoms with van der Waals surface area (Å²) in [4.78, 5) is 42.6. The summed E-state index contributed by atoms with van der Waals surface area (Å²) >= 11 is 0. The van der Waals surface area contributed by atoms with Gasteiger partial charge in [-0.25, -0.2) is 6.57 Å². The Hall–Kier alpha value is -2.92. The van der Waals surface area contributed by atoms with E-state index in [0.717, 1.165) is 5.56 Å². The van der Waals surface area contributed by atoms with Crippen LogP contribution in [0.25, 0.3) is 4.85 Å². The van der Waals surface area contributed by atoms with Gasteiger partial charge < -0.3 is 15.7 Å². The van der Waals surface area contributed by atoms with E-state index in [2.05, 4.69) is 15.5 Å². The van der Waals surface area contributed by atoms with Crippen molar-refractivity contribution in [3.63, 3.8) is 0 Å². The lowest BCUT2D eigenvalue weighted by Gasteiger charge is -2.21. The highest BCUT2D eigenvalue weighted by Crippen LogP contribution is 2.46. The van der Waals surface area contributed by atoms with E-state index in [9.17, 15) is 19.5 Å². The van der Waals surface area contributed by atoms with Crippen molar-refractivity contribution < 1.29 is 19.5 Å². The largest absolute Gasteiger partial charge is 0.393 e. The van der Waals surface area contributed by atoms with Gasteiger partial charge in [0.2, 0.25) is 17.7 Å². The number of aliphatic hydroxyl groups excluding tert-OH is 1. The lowest BCUT2D eigenvalue weighted by molar-refractivity contribution is -0.136. The Labute approximate surface area is 162 Å². The van der Waals surface area contributed by atoms with Gasteiger partial charge in [-0.3, -0.25) is 24.1 Å². The van der Waals surface area contributed by atoms with Gasteiger partial charge in [-0.05, 0) is 30.9 Å². The maximum atomic E-state index is 12.8. The molecule has 1 saturated carbocycles. The standard InChI is InChI=1S/C20H22N4O4/c1-21-16-10-20(14-4-2-3-5-15(14)23-19(20)28)11-24(16)18(27)9-17(26)22-12-6-7-13(25)8-12/h2-5,12-13,16,25H,6-11H2,(H,22,26)(H,23,28)/t12-,13+,16-,20-/m0/s1. The second-order valence-electron chi connectivity index (χ2n) is 7.83. The number of hydrogen-bond donors (Lipinski definition) is 3. The van der Waals surface area contributed by atoms with E-state index in [4.69, 9.17) is 6.57 Å². The third-order valence-corrected chi connectivity index (χ3v) is 6.01. The van der Waals surface area contributed by atoms with Crippen molar-refractivity contribution in [2.75, 3.05) is 11.9 Å². The molecule has 0 radical (unpaired) electrons. The Morgan fingerprint density at radius 3 is 2.86 bits per heavy atom. The zero-order chi connectivity index (χ0) is 19.9. The summed E-state index contributed by atoms with van der Waals surface area (Å²) in [6.07, 6.45) is 0.503. The second-order valence-corrected chi connectivity index (χ2v) is 7.83. The highest BCUT2D eigenvalue weighted by Gasteiger charge is 2.58. The van der Waals surface area contributed by atoms with E-state index in [1.165, 1.54) is 4.90 Å². The van der Waals surface area contributed by atoms with Crippen molar-refractivity contribution in [1.82, 2.24) is 10.2 Å². The molecular formula is C20H22N4O4. The first-order valence-corrected chi connectivity index (χ1v) is 9.47. The molecule has 0 aromatic heterocycles. The fourth-order valence-electron chi connectivity index (χ4n) is 4.59. The van der Waals surface area contributed by atoms with Crippen molar-refractivity contribution in [2.45, 2.75) is 55.8 Å². The molecular weight excluding hydrogens is 360 g/mol. The number of benzene rings is 1. The Morgan fingerprint density at radius 2 is 2.14 bits per heavy atom. The van der Waals surface area contributed by atoms with Crippen molar-refractivity contribution in [1.29, 1.82) is 0 Å². The van der Waals surface area contributed by atoms with Gasteiger partial charge in [0.25, 0.3) is 0 Å². The number of carbonyl (C=O) groups is 3. The number of carbonyl (C=O) groups excluding carboxylic acids is 3. The Morgan fingerprint density at radius 1 is 1.36 bits per heavy atom. The van der Waals surface area contributed by atoms with E-state index in [1.54, 1.807) is 0 Å². The van der Waals surface area contributed by atoms with Crippen LogP contribution in [0.15, 0.2) is 24.3 Å². The molecule has 4 atom stereocenters. The number of likely N-dealkylation sites (tertiary alicyclic amines) is 1. The van der Waals surface area contributed by atoms with Gasteiger partial charge in [-0.15, -0.1) is 0 Å². The molecule has 4 rings (SSSR count). The first-order valence-electron chi connectivity index (χ1n) is 9.47. The van der Waals surface area contributed by atoms with Crippen LogP contribution in [-0.4, -0.2) is 52.6 Å². The number of rotatable bonds is 3. The molecule has 1 saturated heterocycles. The summed E-state index contributed by atoms with van der Waals surface area (Å²) in [6, 6.07) is 7.20. The van der Waals surface area contributed by atoms with Crippen molar-refractivity contribution >= 4 is 23.4 Å². The smallest absolute Gasteiger partial charge is 0.302 e. The van der Waals surface area contributed by atoms with Gasteiger partial charge in [0.1, 0.15) is 11.8 Å². The number of aliphatic hydroxyl groups is 1. The monoisotopic (exact) mass is 382 g/mol. The minimum absolute atomic E-state index is 0.0944. The van der Waals surface area contributed by atoms with Gasteiger partial charge in [0, 0.05) is 18.3 Å². The van der Waals surface area contributed by atoms with Gasteiger partial charge in [0.15, 0.2) is 0 Å². The normalized spacial score (nSPS) is 30.8. The fraction of sp³-hybridized carbons (Fsp3) is 0.500. The molecule has 0 unspecified atom stereocenters. The SMILES string of the molecule is [C-]#[N+][C@@H]1C[C@@]2(CN1C(=O)CC(=O)N[C@H]1CC[C@@H](O)C1)C(=O)Nc1ccccc12. The molecule has 2 fully saturated rings. The third-order valence-electron chi connectivity index (χ3n) is 6.01. The number of hydrogen-bond acceptors (Lipinski definition) is 4. The van der Waals surface area contributed by atoms with Gasteiger partial charge in [0.05, 0.1) is 12.5 Å². The van der Waals surface area contributed by atoms with E-state index in [1.807, 2.05) is 24.3 Å². The van der Waals surface area contributed by atoms with Gasteiger partial charge in [-0.1, -0.05) is 18.2 Å². The molecule has 1 aromatic rings. The summed E-state index contributed by atoms with van der Waals surface area (Å²) in [6.45, 7) is 7.57. The molecule has 1 aliphatic carbocycles. The average molecular weight is 382 g/mol. The number of amides is 3. The summed E-state index contributed by atoms with van der Waals surface area (Å²) in [5.41, 5.74) is 0.574. The molecule has 28 heavy (non-hydrogen) atoms. The lowest BCUT2D eigenvalue weighted by atomic mass is 9.80. The second kappa shape index (κ2) is 6.91. The first kappa shape index (κ1) is 18.4. The number of nitrogens with one attached hydrogen (secondary N) is 2. The molecule has 3 amide bonds. The first-order chi connectivity index (χ1) is 13.4. The molecule has 3 aliphatic rings. The predicted octanol–water partition coefficient (Wildman–Crippen LogP) is 0.774. The van der Waals surface area contributed by atoms with E-state index in [0.29, 0.717) is 24.9 Å². The highest BCUT2D eigenvalue weighted by atomic mass is 16.3. The summed E-state index contributed by atoms with van der Waals surface area (Å²) < 4.78 is 0. The summed E-state index contributed by atoms with van der Waals surface area (Å²) in [5, 5.41) is 15.2. The third kappa shape index (κ3) is 3.02. The Kier molecular flexibility index (Phi) is 4.55. The highest BCUT2D eigenvalue weighted by molar-refractivity contribution is 6.07. The van der Waals surface area contributed by atoms with Crippen LogP contribution in [0.2, 0.25) is 0 Å². The van der Waals surface area contributed by atoms with Crippen molar-refractivity contribution in [3.05, 3.63) is 41.2 Å². The quantitative estimate of drug-likeness (QED) is 0.531. The van der Waals surface area contributed by atoms with Crippen molar-refractivity contribution in [2.24, 2.45) is 0 Å². The number of fused-ring (bicyclic) bond motifs is 2. The van der Waals surface area contributed by atoms with Gasteiger partial charge >= 0.3 is 6.17 Å². The minimum atomic E-state index is -0.937. The predicted molar refractivity (Wildman–Crippen MR) is 99.9 cm³/mol. The molecule has 3 N–H and O–H groups in total. The van der Waals surface area contributed by atoms with E-state index >= 15 is 0 Å². The molecule has 2 aliphatic heterocycles. The van der Waals surface area contributed by atoms with Crippen LogP contribution in [0.5, 0.6) is 0 Å². The van der Waals surface area contributed by atoms with Crippen LogP contribution >= 0.6 is 0 Å². The maximum Gasteiger partial charge on any atom is 0.302 e. The Balaban J connectivity index is 1.48. The number of anilines is 1. The maximum absolute atomic E-state index is 12.8. The zero-order valence-electron chi connectivity index (χ0n) is 15.4. The van der Waals surface area contributed by atoms with Crippen LogP contribution in [0.3, 0.4) is 0 Å². The molecule has 8 nitrogen and oxygen atoms in total. The molecule has 1 spiro atoms. The van der Waals surface area contributed by atoms with Gasteiger partial charge in [-0.2, -0.15) is 0 Å². The molecule has 0 bridgehead atoms. The Bertz CT molecular complexity index is 879. The molecule has 1 aromatic carbocycles. The van der Waals surface area contributed by atoms with Crippen LogP contribution < -0.4 is 10.6 Å².